The first-order valence-corrected chi connectivity index (χ1v) is 19.1. The van der Waals surface area contributed by atoms with Gasteiger partial charge in [-0.1, -0.05) is 59.6 Å². The van der Waals surface area contributed by atoms with Crippen LogP contribution in [-0.2, 0) is 38.3 Å². The number of phenolic OH excluding ortho intramolecular Hbond substituents is 1. The molecule has 2 aliphatic rings. The average Bonchev–Trinajstić information content (AvgIpc) is 2.93. The SMILES string of the molecule is CCCCC(Cc1cc(CC(C)C)c(O)c(CC(C)C)c1)(C(=O)OC1CC(C)(C)N(C)C(C)(C)C1)C(=O)OC1CC(C)(C)N(C)C(C)(C)C1. The third-order valence-corrected chi connectivity index (χ3v) is 11.9. The molecular formula is C42H72N2O5. The molecule has 2 fully saturated rings. The Balaban J connectivity index is 2.15. The highest BCUT2D eigenvalue weighted by Crippen LogP contribution is 2.43. The number of unbranched alkanes of at least 4 members (excludes halogenated alkanes) is 1. The number of carbonyl (C=O) groups excluding carboxylic acids is 2. The van der Waals surface area contributed by atoms with Crippen LogP contribution in [-0.4, -0.2) is 75.3 Å². The van der Waals surface area contributed by atoms with Crippen LogP contribution >= 0.6 is 0 Å². The molecule has 0 unspecified atom stereocenters. The van der Waals surface area contributed by atoms with Crippen molar-refractivity contribution < 1.29 is 24.2 Å². The van der Waals surface area contributed by atoms with Crippen LogP contribution in [0.3, 0.4) is 0 Å². The van der Waals surface area contributed by atoms with Crippen LogP contribution in [0.2, 0.25) is 0 Å². The van der Waals surface area contributed by atoms with E-state index in [9.17, 15) is 14.7 Å². The largest absolute Gasteiger partial charge is 0.507 e. The number of likely N-dealkylation sites (tertiary alicyclic amines) is 2. The molecule has 1 aromatic carbocycles. The highest BCUT2D eigenvalue weighted by molar-refractivity contribution is 6.00. The molecule has 2 aliphatic heterocycles. The zero-order valence-corrected chi connectivity index (χ0v) is 34.0. The first kappa shape index (κ1) is 41.3. The lowest BCUT2D eigenvalue weighted by atomic mass is 9.75. The summed E-state index contributed by atoms with van der Waals surface area (Å²) in [6.45, 7) is 28.2. The summed E-state index contributed by atoms with van der Waals surface area (Å²) in [4.78, 5) is 34.6. The Morgan fingerprint density at radius 1 is 0.755 bits per heavy atom. The van der Waals surface area contributed by atoms with E-state index in [1.165, 1.54) is 0 Å². The van der Waals surface area contributed by atoms with E-state index in [0.29, 0.717) is 69.0 Å². The molecule has 0 aliphatic carbocycles. The van der Waals surface area contributed by atoms with Crippen LogP contribution in [0.5, 0.6) is 5.75 Å². The molecule has 1 aromatic rings. The van der Waals surface area contributed by atoms with Crippen molar-refractivity contribution in [3.8, 4) is 5.75 Å². The second-order valence-corrected chi connectivity index (χ2v) is 19.1. The highest BCUT2D eigenvalue weighted by Gasteiger charge is 2.53. The van der Waals surface area contributed by atoms with Crippen LogP contribution in [0, 0.1) is 17.3 Å². The molecular weight excluding hydrogens is 612 g/mol. The fourth-order valence-corrected chi connectivity index (χ4v) is 8.73. The minimum Gasteiger partial charge on any atom is -0.507 e. The van der Waals surface area contributed by atoms with Gasteiger partial charge in [0.25, 0.3) is 0 Å². The normalized spacial score (nSPS) is 21.7. The lowest BCUT2D eigenvalue weighted by Gasteiger charge is -2.53. The van der Waals surface area contributed by atoms with Crippen LogP contribution in [0.15, 0.2) is 12.1 Å². The summed E-state index contributed by atoms with van der Waals surface area (Å²) in [5.74, 6) is 0.0622. The van der Waals surface area contributed by atoms with E-state index in [2.05, 4.69) is 114 Å². The predicted molar refractivity (Wildman–Crippen MR) is 201 cm³/mol. The van der Waals surface area contributed by atoms with E-state index in [1.54, 1.807) is 0 Å². The molecule has 49 heavy (non-hydrogen) atoms. The molecule has 0 atom stereocenters. The molecule has 280 valence electrons. The monoisotopic (exact) mass is 685 g/mol. The molecule has 0 amide bonds. The van der Waals surface area contributed by atoms with Crippen molar-refractivity contribution in [2.45, 2.75) is 189 Å². The summed E-state index contributed by atoms with van der Waals surface area (Å²) in [6, 6.07) is 4.04. The lowest BCUT2D eigenvalue weighted by Crippen LogP contribution is -2.61. The quantitative estimate of drug-likeness (QED) is 0.164. The van der Waals surface area contributed by atoms with E-state index in [-0.39, 0.29) is 40.8 Å². The molecule has 3 rings (SSSR count). The standard InChI is InChI=1S/C42H72N2O5/c1-16-17-18-42(36(46)48-33-24-38(6,7)43(14)39(8,9)25-33,37(47)49-34-26-40(10,11)44(15)41(12,13)27-34)23-30-21-31(19-28(2)3)35(45)32(22-30)20-29(4)5/h21-22,28-29,33-34,45H,16-20,23-27H2,1-15H3. The van der Waals surface area contributed by atoms with Gasteiger partial charge >= 0.3 is 11.9 Å². The summed E-state index contributed by atoms with van der Waals surface area (Å²) >= 11 is 0. The van der Waals surface area contributed by atoms with Crippen LogP contribution in [0.4, 0.5) is 0 Å². The fraction of sp³-hybridized carbons (Fsp3) is 0.810. The number of piperidine rings is 2. The van der Waals surface area contributed by atoms with Crippen molar-refractivity contribution in [2.24, 2.45) is 17.3 Å². The smallest absolute Gasteiger partial charge is 0.324 e. The van der Waals surface area contributed by atoms with Gasteiger partial charge in [-0.25, -0.2) is 0 Å². The summed E-state index contributed by atoms with van der Waals surface area (Å²) in [7, 11) is 4.28. The minimum atomic E-state index is -1.51. The van der Waals surface area contributed by atoms with Crippen molar-refractivity contribution in [1.29, 1.82) is 0 Å². The molecule has 7 nitrogen and oxygen atoms in total. The maximum atomic E-state index is 14.9. The van der Waals surface area contributed by atoms with E-state index in [0.717, 1.165) is 23.1 Å². The number of nitrogens with zero attached hydrogens (tertiary/aromatic N) is 2. The Morgan fingerprint density at radius 2 is 1.10 bits per heavy atom. The fourth-order valence-electron chi connectivity index (χ4n) is 8.73. The molecule has 0 bridgehead atoms. The number of ether oxygens (including phenoxy) is 2. The molecule has 0 saturated carbocycles. The van der Waals surface area contributed by atoms with Gasteiger partial charge in [-0.05, 0) is 124 Å². The molecule has 0 aromatic heterocycles. The number of benzene rings is 1. The van der Waals surface area contributed by atoms with E-state index in [1.807, 2.05) is 12.1 Å². The van der Waals surface area contributed by atoms with Gasteiger partial charge in [-0.15, -0.1) is 0 Å². The van der Waals surface area contributed by atoms with E-state index in [4.69, 9.17) is 9.47 Å². The summed E-state index contributed by atoms with van der Waals surface area (Å²) < 4.78 is 13.1. The van der Waals surface area contributed by atoms with Crippen LogP contribution in [0.25, 0.3) is 0 Å². The van der Waals surface area contributed by atoms with Gasteiger partial charge in [0.05, 0.1) is 0 Å². The lowest BCUT2D eigenvalue weighted by molar-refractivity contribution is -0.188. The molecule has 2 saturated heterocycles. The van der Waals surface area contributed by atoms with Gasteiger partial charge in [0.1, 0.15) is 18.0 Å². The van der Waals surface area contributed by atoms with Gasteiger partial charge in [-0.3, -0.25) is 19.4 Å². The molecule has 1 N–H and O–H groups in total. The van der Waals surface area contributed by atoms with Crippen LogP contribution < -0.4 is 0 Å². The van der Waals surface area contributed by atoms with Crippen molar-refractivity contribution in [2.75, 3.05) is 14.1 Å². The van der Waals surface area contributed by atoms with Crippen molar-refractivity contribution in [1.82, 2.24) is 9.80 Å². The number of esters is 2. The first-order chi connectivity index (χ1) is 22.4. The van der Waals surface area contributed by atoms with Gasteiger partial charge in [-0.2, -0.15) is 0 Å². The van der Waals surface area contributed by atoms with Gasteiger partial charge < -0.3 is 14.6 Å². The Hall–Kier alpha value is -2.12. The third kappa shape index (κ3) is 9.61. The second-order valence-electron chi connectivity index (χ2n) is 19.1. The highest BCUT2D eigenvalue weighted by atomic mass is 16.6. The van der Waals surface area contributed by atoms with E-state index >= 15 is 0 Å². The Labute approximate surface area is 299 Å². The molecule has 0 spiro atoms. The minimum absolute atomic E-state index is 0.181. The van der Waals surface area contributed by atoms with Crippen LogP contribution in [0.1, 0.15) is 152 Å². The summed E-state index contributed by atoms with van der Waals surface area (Å²) in [5, 5.41) is 11.3. The second kappa shape index (κ2) is 15.2. The van der Waals surface area contributed by atoms with E-state index < -0.39 is 17.4 Å². The molecule has 2 heterocycles. The summed E-state index contributed by atoms with van der Waals surface area (Å²) in [5.41, 5.74) is 0.378. The number of carbonyl (C=O) groups is 2. The van der Waals surface area contributed by atoms with Crippen molar-refractivity contribution in [3.63, 3.8) is 0 Å². The Morgan fingerprint density at radius 3 is 1.41 bits per heavy atom. The van der Waals surface area contributed by atoms with Crippen molar-refractivity contribution in [3.05, 3.63) is 28.8 Å². The Bertz CT molecular complexity index is 1190. The van der Waals surface area contributed by atoms with Crippen molar-refractivity contribution >= 4 is 11.9 Å². The Kier molecular flexibility index (Phi) is 12.8. The maximum absolute atomic E-state index is 14.9. The number of phenols is 1. The molecule has 0 radical (unpaired) electrons. The third-order valence-electron chi connectivity index (χ3n) is 11.9. The average molecular weight is 685 g/mol. The summed E-state index contributed by atoms with van der Waals surface area (Å²) in [6.07, 6.45) is 5.56. The van der Waals surface area contributed by atoms with Gasteiger partial charge in [0.2, 0.25) is 0 Å². The maximum Gasteiger partial charge on any atom is 0.324 e. The molecule has 7 heteroatoms. The first-order valence-electron chi connectivity index (χ1n) is 19.1. The zero-order valence-electron chi connectivity index (χ0n) is 34.0. The number of aromatic hydroxyl groups is 1. The van der Waals surface area contributed by atoms with Gasteiger partial charge in [0.15, 0.2) is 5.41 Å². The topological polar surface area (TPSA) is 79.3 Å². The van der Waals surface area contributed by atoms with Gasteiger partial charge in [0, 0.05) is 47.8 Å². The predicted octanol–water partition coefficient (Wildman–Crippen LogP) is 8.90. The number of hydrogen-bond acceptors (Lipinski definition) is 7. The number of hydrogen-bond donors (Lipinski definition) is 1. The zero-order chi connectivity index (χ0) is 37.3. The number of rotatable bonds is 13.